The van der Waals surface area contributed by atoms with Gasteiger partial charge in [-0.1, -0.05) is 30.3 Å². The van der Waals surface area contributed by atoms with Crippen molar-refractivity contribution >= 4 is 17.7 Å². The monoisotopic (exact) mass is 319 g/mol. The topological polar surface area (TPSA) is 72.9 Å². The Labute approximate surface area is 135 Å². The molecule has 1 heterocycles. The number of esters is 1. The smallest absolute Gasteiger partial charge is 0.321 e. The van der Waals surface area contributed by atoms with Gasteiger partial charge in [0.25, 0.3) is 0 Å². The summed E-state index contributed by atoms with van der Waals surface area (Å²) in [4.78, 5) is 39.0. The number of rotatable bonds is 6. The van der Waals surface area contributed by atoms with Crippen molar-refractivity contribution < 1.29 is 23.9 Å². The van der Waals surface area contributed by atoms with Crippen molar-refractivity contribution in [3.63, 3.8) is 0 Å². The van der Waals surface area contributed by atoms with Gasteiger partial charge in [-0.05, 0) is 6.42 Å². The number of nitrogens with zero attached hydrogens (tertiary/aromatic N) is 1. The zero-order chi connectivity index (χ0) is 17.0. The fraction of sp³-hybridized carbons (Fsp3) is 0.471. The van der Waals surface area contributed by atoms with E-state index in [4.69, 9.17) is 9.47 Å². The molecule has 124 valence electrons. The summed E-state index contributed by atoms with van der Waals surface area (Å²) < 4.78 is 9.95. The largest absolute Gasteiger partial charge is 0.468 e. The van der Waals surface area contributed by atoms with Gasteiger partial charge in [0.1, 0.15) is 0 Å². The Morgan fingerprint density at radius 1 is 1.26 bits per heavy atom. The first-order chi connectivity index (χ1) is 11.0. The third-order valence-corrected chi connectivity index (χ3v) is 4.35. The number of Topliss-reactive ketones (excluding diaryl/α,β-unsaturated/α-hetero) is 1. The Balaban J connectivity index is 2.32. The van der Waals surface area contributed by atoms with E-state index < -0.39 is 17.3 Å². The Morgan fingerprint density at radius 2 is 1.91 bits per heavy atom. The molecule has 0 spiro atoms. The molecule has 6 nitrogen and oxygen atoms in total. The van der Waals surface area contributed by atoms with Gasteiger partial charge in [-0.15, -0.1) is 0 Å². The van der Waals surface area contributed by atoms with Crippen LogP contribution in [0.15, 0.2) is 30.3 Å². The Hall–Kier alpha value is -2.21. The van der Waals surface area contributed by atoms with E-state index in [-0.39, 0.29) is 24.7 Å². The van der Waals surface area contributed by atoms with Crippen LogP contribution < -0.4 is 0 Å². The maximum atomic E-state index is 12.7. The predicted octanol–water partition coefficient (Wildman–Crippen LogP) is 1.30. The maximum Gasteiger partial charge on any atom is 0.321 e. The summed E-state index contributed by atoms with van der Waals surface area (Å²) in [6.07, 6.45) is 0.00843. The lowest BCUT2D eigenvalue weighted by atomic mass is 9.78. The summed E-state index contributed by atoms with van der Waals surface area (Å²) >= 11 is 0. The number of likely N-dealkylation sites (N-methyl/N-ethyl adjacent to an activating group) is 1. The Kier molecular flexibility index (Phi) is 5.15. The van der Waals surface area contributed by atoms with Crippen molar-refractivity contribution in [2.45, 2.75) is 18.9 Å². The molecule has 1 aliphatic heterocycles. The van der Waals surface area contributed by atoms with Crippen LogP contribution in [0.4, 0.5) is 0 Å². The molecule has 0 saturated carbocycles. The van der Waals surface area contributed by atoms with Crippen LogP contribution in [0.2, 0.25) is 0 Å². The molecular weight excluding hydrogens is 298 g/mol. The standard InChI is InChI=1S/C17H21NO5/c1-18-13(11-22-2)9-17(15(18)20,16(21)23-3)10-14(19)12-7-5-4-6-8-12/h4-8,13H,9-11H2,1-3H3/t13-,17-/m0/s1. The molecular formula is C17H21NO5. The molecule has 1 aliphatic rings. The summed E-state index contributed by atoms with van der Waals surface area (Å²) in [5.74, 6) is -1.32. The molecule has 1 amide bonds. The molecule has 0 bridgehead atoms. The van der Waals surface area contributed by atoms with Crippen molar-refractivity contribution in [3.05, 3.63) is 35.9 Å². The number of ether oxygens (including phenoxy) is 2. The molecule has 6 heteroatoms. The van der Waals surface area contributed by atoms with Crippen molar-refractivity contribution in [3.8, 4) is 0 Å². The third-order valence-electron chi connectivity index (χ3n) is 4.35. The molecule has 1 aromatic carbocycles. The minimum absolute atomic E-state index is 0.201. The van der Waals surface area contributed by atoms with Crippen molar-refractivity contribution in [1.82, 2.24) is 4.90 Å². The first-order valence-corrected chi connectivity index (χ1v) is 7.39. The number of amides is 1. The number of carbonyl (C=O) groups excluding carboxylic acids is 3. The number of hydrogen-bond donors (Lipinski definition) is 0. The zero-order valence-electron chi connectivity index (χ0n) is 13.6. The van der Waals surface area contributed by atoms with Gasteiger partial charge in [0.15, 0.2) is 11.2 Å². The summed E-state index contributed by atoms with van der Waals surface area (Å²) in [5.41, 5.74) is -0.999. The second-order valence-electron chi connectivity index (χ2n) is 5.77. The van der Waals surface area contributed by atoms with Crippen LogP contribution in [0, 0.1) is 5.41 Å². The van der Waals surface area contributed by atoms with Crippen molar-refractivity contribution in [1.29, 1.82) is 0 Å². The molecule has 1 aromatic rings. The average Bonchev–Trinajstić information content (AvgIpc) is 2.81. The van der Waals surface area contributed by atoms with Crippen LogP contribution in [0.25, 0.3) is 0 Å². The molecule has 23 heavy (non-hydrogen) atoms. The van der Waals surface area contributed by atoms with E-state index in [9.17, 15) is 14.4 Å². The highest BCUT2D eigenvalue weighted by atomic mass is 16.5. The highest BCUT2D eigenvalue weighted by Crippen LogP contribution is 2.40. The van der Waals surface area contributed by atoms with Crippen LogP contribution in [0.5, 0.6) is 0 Å². The second kappa shape index (κ2) is 6.91. The van der Waals surface area contributed by atoms with Crippen LogP contribution in [-0.4, -0.2) is 56.5 Å². The first-order valence-electron chi connectivity index (χ1n) is 7.39. The third kappa shape index (κ3) is 3.12. The van der Waals surface area contributed by atoms with E-state index in [0.717, 1.165) is 0 Å². The van der Waals surface area contributed by atoms with Crippen molar-refractivity contribution in [2.75, 3.05) is 27.9 Å². The molecule has 1 fully saturated rings. The van der Waals surface area contributed by atoms with E-state index in [1.165, 1.54) is 19.1 Å². The summed E-state index contributed by atoms with van der Waals surface area (Å²) in [6, 6.07) is 8.38. The van der Waals surface area contributed by atoms with Gasteiger partial charge in [-0.3, -0.25) is 14.4 Å². The van der Waals surface area contributed by atoms with Gasteiger partial charge in [0, 0.05) is 26.1 Å². The molecule has 2 atom stereocenters. The van der Waals surface area contributed by atoms with Crippen LogP contribution in [0.3, 0.4) is 0 Å². The normalized spacial score (nSPS) is 23.9. The summed E-state index contributed by atoms with van der Waals surface area (Å²) in [6.45, 7) is 0.306. The van der Waals surface area contributed by atoms with Gasteiger partial charge in [-0.2, -0.15) is 0 Å². The number of carbonyl (C=O) groups is 3. The van der Waals surface area contributed by atoms with E-state index in [1.807, 2.05) is 0 Å². The van der Waals surface area contributed by atoms with Crippen LogP contribution in [0.1, 0.15) is 23.2 Å². The minimum Gasteiger partial charge on any atom is -0.468 e. The number of hydrogen-bond acceptors (Lipinski definition) is 5. The van der Waals surface area contributed by atoms with Gasteiger partial charge in [0.2, 0.25) is 5.91 Å². The molecule has 0 aliphatic carbocycles. The van der Waals surface area contributed by atoms with Gasteiger partial charge in [0.05, 0.1) is 19.8 Å². The fourth-order valence-electron chi connectivity index (χ4n) is 3.08. The predicted molar refractivity (Wildman–Crippen MR) is 82.9 cm³/mol. The maximum absolute atomic E-state index is 12.7. The minimum atomic E-state index is -1.47. The van der Waals surface area contributed by atoms with Gasteiger partial charge < -0.3 is 14.4 Å². The SMILES string of the molecule is COC[C@@H]1C[C@@](CC(=O)c2ccccc2)(C(=O)OC)C(=O)N1C. The van der Waals surface area contributed by atoms with E-state index >= 15 is 0 Å². The number of ketones is 1. The Bertz CT molecular complexity index is 600. The molecule has 0 unspecified atom stereocenters. The van der Waals surface area contributed by atoms with Gasteiger partial charge in [-0.25, -0.2) is 0 Å². The molecule has 0 N–H and O–H groups in total. The number of likely N-dealkylation sites (tertiary alicyclic amines) is 1. The second-order valence-corrected chi connectivity index (χ2v) is 5.77. The highest BCUT2D eigenvalue weighted by Gasteiger charge is 2.57. The van der Waals surface area contributed by atoms with Crippen LogP contribution >= 0.6 is 0 Å². The quantitative estimate of drug-likeness (QED) is 0.449. The zero-order valence-corrected chi connectivity index (χ0v) is 13.6. The molecule has 1 saturated heterocycles. The summed E-state index contributed by atoms with van der Waals surface area (Å²) in [5, 5.41) is 0. The average molecular weight is 319 g/mol. The highest BCUT2D eigenvalue weighted by molar-refractivity contribution is 6.10. The first kappa shape index (κ1) is 17.1. The number of benzene rings is 1. The fourth-order valence-corrected chi connectivity index (χ4v) is 3.08. The molecule has 0 radical (unpaired) electrons. The summed E-state index contributed by atoms with van der Waals surface area (Å²) in [7, 11) is 4.38. The van der Waals surface area contributed by atoms with E-state index in [1.54, 1.807) is 37.4 Å². The van der Waals surface area contributed by atoms with E-state index in [2.05, 4.69) is 0 Å². The van der Waals surface area contributed by atoms with Crippen molar-refractivity contribution in [2.24, 2.45) is 5.41 Å². The van der Waals surface area contributed by atoms with E-state index in [0.29, 0.717) is 12.2 Å². The lowest BCUT2D eigenvalue weighted by Gasteiger charge is -2.23. The lowest BCUT2D eigenvalue weighted by Crippen LogP contribution is -2.42. The Morgan fingerprint density at radius 3 is 2.48 bits per heavy atom. The van der Waals surface area contributed by atoms with Gasteiger partial charge >= 0.3 is 5.97 Å². The molecule has 2 rings (SSSR count). The van der Waals surface area contributed by atoms with Crippen LogP contribution in [-0.2, 0) is 19.1 Å². The molecule has 0 aromatic heterocycles. The number of methoxy groups -OCH3 is 2. The lowest BCUT2D eigenvalue weighted by molar-refractivity contribution is -0.158.